The average Bonchev–Trinajstić information content (AvgIpc) is 2.80. The maximum Gasteiger partial charge on any atom is 0.155 e. The summed E-state index contributed by atoms with van der Waals surface area (Å²) >= 11 is 0. The Morgan fingerprint density at radius 3 is 2.74 bits per heavy atom. The van der Waals surface area contributed by atoms with Crippen molar-refractivity contribution in [3.8, 4) is 0 Å². The van der Waals surface area contributed by atoms with Crippen molar-refractivity contribution in [2.45, 2.75) is 46.1 Å². The molecule has 1 unspecified atom stereocenters. The highest BCUT2D eigenvalue weighted by Crippen LogP contribution is 2.29. The van der Waals surface area contributed by atoms with Gasteiger partial charge in [0.25, 0.3) is 0 Å². The second-order valence-electron chi connectivity index (χ2n) is 5.74. The van der Waals surface area contributed by atoms with Gasteiger partial charge in [-0.15, -0.1) is 0 Å². The number of piperidine rings is 1. The molecule has 0 amide bonds. The minimum Gasteiger partial charge on any atom is -0.298 e. The minimum absolute atomic E-state index is 0.454. The number of rotatable bonds is 1. The maximum absolute atomic E-state index is 4.80. The van der Waals surface area contributed by atoms with E-state index < -0.39 is 0 Å². The summed E-state index contributed by atoms with van der Waals surface area (Å²) in [4.78, 5) is 7.08. The molecule has 1 aliphatic heterocycles. The Hall–Kier alpha value is -1.42. The van der Waals surface area contributed by atoms with E-state index in [2.05, 4.69) is 43.8 Å². The summed E-state index contributed by atoms with van der Waals surface area (Å²) in [6.45, 7) is 7.48. The molecular formula is C15H22N4. The molecule has 19 heavy (non-hydrogen) atoms. The summed E-state index contributed by atoms with van der Waals surface area (Å²) in [5, 5.41) is 4.80. The molecule has 0 radical (unpaired) electrons. The van der Waals surface area contributed by atoms with E-state index in [-0.39, 0.29) is 0 Å². The summed E-state index contributed by atoms with van der Waals surface area (Å²) in [6.07, 6.45) is 3.81. The molecule has 0 aromatic carbocycles. The predicted octanol–water partition coefficient (Wildman–Crippen LogP) is 2.81. The van der Waals surface area contributed by atoms with Crippen LogP contribution in [0.3, 0.4) is 0 Å². The van der Waals surface area contributed by atoms with E-state index in [1.807, 2.05) is 4.52 Å². The summed E-state index contributed by atoms with van der Waals surface area (Å²) < 4.78 is 2.00. The first-order chi connectivity index (χ1) is 9.08. The highest BCUT2D eigenvalue weighted by atomic mass is 15.3. The Bertz CT molecular complexity index is 614. The fourth-order valence-electron chi connectivity index (χ4n) is 3.00. The van der Waals surface area contributed by atoms with E-state index in [4.69, 9.17) is 5.10 Å². The number of aryl methyl sites for hydroxylation is 2. The number of hydrogen-bond donors (Lipinski definition) is 0. The highest BCUT2D eigenvalue weighted by Gasteiger charge is 2.23. The zero-order chi connectivity index (χ0) is 13.6. The smallest absolute Gasteiger partial charge is 0.155 e. The van der Waals surface area contributed by atoms with Gasteiger partial charge in [0.05, 0.1) is 11.7 Å². The predicted molar refractivity (Wildman–Crippen MR) is 76.4 cm³/mol. The number of hydrogen-bond acceptors (Lipinski definition) is 3. The first-order valence-corrected chi connectivity index (χ1v) is 7.11. The van der Waals surface area contributed by atoms with Crippen molar-refractivity contribution in [3.05, 3.63) is 28.7 Å². The van der Waals surface area contributed by atoms with E-state index >= 15 is 0 Å². The van der Waals surface area contributed by atoms with E-state index in [0.717, 1.165) is 11.3 Å². The monoisotopic (exact) mass is 258 g/mol. The van der Waals surface area contributed by atoms with Gasteiger partial charge >= 0.3 is 0 Å². The molecule has 1 saturated heterocycles. The lowest BCUT2D eigenvalue weighted by Crippen LogP contribution is -2.29. The first-order valence-electron chi connectivity index (χ1n) is 7.11. The van der Waals surface area contributed by atoms with Crippen molar-refractivity contribution in [1.82, 2.24) is 19.5 Å². The molecule has 0 spiro atoms. The normalized spacial score (nSPS) is 21.2. The lowest BCUT2D eigenvalue weighted by Gasteiger charge is -2.30. The lowest BCUT2D eigenvalue weighted by atomic mass is 10.0. The summed E-state index contributed by atoms with van der Waals surface area (Å²) in [7, 11) is 2.20. The van der Waals surface area contributed by atoms with Gasteiger partial charge in [0, 0.05) is 17.5 Å². The van der Waals surface area contributed by atoms with Crippen LogP contribution >= 0.6 is 0 Å². The Balaban J connectivity index is 2.09. The molecule has 0 aliphatic carbocycles. The molecule has 4 heteroatoms. The Morgan fingerprint density at radius 1 is 1.21 bits per heavy atom. The van der Waals surface area contributed by atoms with Gasteiger partial charge in [-0.1, -0.05) is 6.42 Å². The molecule has 0 N–H and O–H groups in total. The second-order valence-corrected chi connectivity index (χ2v) is 5.74. The van der Waals surface area contributed by atoms with Crippen LogP contribution < -0.4 is 0 Å². The maximum atomic E-state index is 4.80. The van der Waals surface area contributed by atoms with Crippen molar-refractivity contribution >= 4 is 5.65 Å². The van der Waals surface area contributed by atoms with Gasteiger partial charge in [-0.3, -0.25) is 4.90 Å². The summed E-state index contributed by atoms with van der Waals surface area (Å²) in [6, 6.07) is 2.61. The van der Waals surface area contributed by atoms with Crippen molar-refractivity contribution in [2.24, 2.45) is 0 Å². The van der Waals surface area contributed by atoms with Crippen LogP contribution in [0.2, 0.25) is 0 Å². The van der Waals surface area contributed by atoms with Crippen LogP contribution in [0.5, 0.6) is 0 Å². The lowest BCUT2D eigenvalue weighted by molar-refractivity contribution is 0.183. The van der Waals surface area contributed by atoms with Crippen LogP contribution in [-0.2, 0) is 0 Å². The summed E-state index contributed by atoms with van der Waals surface area (Å²) in [5.74, 6) is 0. The fraction of sp³-hybridized carbons (Fsp3) is 0.600. The Morgan fingerprint density at radius 2 is 2.00 bits per heavy atom. The van der Waals surface area contributed by atoms with Gasteiger partial charge in [-0.25, -0.2) is 9.50 Å². The van der Waals surface area contributed by atoms with Gasteiger partial charge in [-0.2, -0.15) is 5.10 Å². The standard InChI is InChI=1S/C15H22N4/c1-10-11(2)16-15-9-13(17-19(15)12(10)3)14-7-5-6-8-18(14)4/h9,14H,5-8H2,1-4H3. The van der Waals surface area contributed by atoms with E-state index in [0.29, 0.717) is 6.04 Å². The van der Waals surface area contributed by atoms with Crippen molar-refractivity contribution < 1.29 is 0 Å². The zero-order valence-electron chi connectivity index (χ0n) is 12.3. The van der Waals surface area contributed by atoms with Crippen LogP contribution in [0.15, 0.2) is 6.07 Å². The van der Waals surface area contributed by atoms with Gasteiger partial charge in [0.2, 0.25) is 0 Å². The Labute approximate surface area is 114 Å². The van der Waals surface area contributed by atoms with E-state index in [1.54, 1.807) is 0 Å². The third kappa shape index (κ3) is 2.04. The van der Waals surface area contributed by atoms with Gasteiger partial charge in [0.15, 0.2) is 5.65 Å². The van der Waals surface area contributed by atoms with Crippen LogP contribution in [-0.4, -0.2) is 33.1 Å². The number of nitrogens with zero attached hydrogens (tertiary/aromatic N) is 4. The average molecular weight is 258 g/mol. The second kappa shape index (κ2) is 4.60. The van der Waals surface area contributed by atoms with Crippen LogP contribution in [0.4, 0.5) is 0 Å². The molecule has 2 aromatic rings. The Kier molecular flexibility index (Phi) is 3.05. The molecule has 102 valence electrons. The molecule has 0 saturated carbocycles. The van der Waals surface area contributed by atoms with Crippen LogP contribution in [0.25, 0.3) is 5.65 Å². The third-order valence-corrected chi connectivity index (χ3v) is 4.51. The van der Waals surface area contributed by atoms with Crippen molar-refractivity contribution in [3.63, 3.8) is 0 Å². The van der Waals surface area contributed by atoms with E-state index in [1.165, 1.54) is 42.8 Å². The molecule has 1 fully saturated rings. The van der Waals surface area contributed by atoms with Gasteiger partial charge < -0.3 is 0 Å². The third-order valence-electron chi connectivity index (χ3n) is 4.51. The molecule has 3 heterocycles. The molecule has 1 aliphatic rings. The molecule has 4 nitrogen and oxygen atoms in total. The molecule has 3 rings (SSSR count). The highest BCUT2D eigenvalue weighted by molar-refractivity contribution is 5.44. The van der Waals surface area contributed by atoms with Crippen LogP contribution in [0, 0.1) is 20.8 Å². The summed E-state index contributed by atoms with van der Waals surface area (Å²) in [5.41, 5.74) is 5.69. The fourth-order valence-corrected chi connectivity index (χ4v) is 3.00. The van der Waals surface area contributed by atoms with Gasteiger partial charge in [-0.05, 0) is 52.8 Å². The van der Waals surface area contributed by atoms with Crippen LogP contribution in [0.1, 0.15) is 47.9 Å². The largest absolute Gasteiger partial charge is 0.298 e. The zero-order valence-corrected chi connectivity index (χ0v) is 12.3. The SMILES string of the molecule is Cc1nc2cc(C3CCCCN3C)nn2c(C)c1C. The van der Waals surface area contributed by atoms with E-state index in [9.17, 15) is 0 Å². The number of aromatic nitrogens is 3. The van der Waals surface area contributed by atoms with Crippen molar-refractivity contribution in [2.75, 3.05) is 13.6 Å². The molecule has 2 aromatic heterocycles. The molecule has 1 atom stereocenters. The van der Waals surface area contributed by atoms with Gasteiger partial charge in [0.1, 0.15) is 0 Å². The topological polar surface area (TPSA) is 33.4 Å². The minimum atomic E-state index is 0.454. The first kappa shape index (κ1) is 12.6. The molecule has 0 bridgehead atoms. The molecular weight excluding hydrogens is 236 g/mol. The quantitative estimate of drug-likeness (QED) is 0.788. The van der Waals surface area contributed by atoms with Crippen molar-refractivity contribution in [1.29, 1.82) is 0 Å². The number of likely N-dealkylation sites (tertiary alicyclic amines) is 1. The number of fused-ring (bicyclic) bond motifs is 1.